The van der Waals surface area contributed by atoms with Crippen LogP contribution < -0.4 is 0 Å². The van der Waals surface area contributed by atoms with Gasteiger partial charge in [0.2, 0.25) is 5.91 Å². The maximum Gasteiger partial charge on any atom is 0.226 e. The number of piperidine rings is 1. The first-order chi connectivity index (χ1) is 9.24. The van der Waals surface area contributed by atoms with Crippen LogP contribution in [-0.2, 0) is 17.6 Å². The second kappa shape index (κ2) is 5.33. The lowest BCUT2D eigenvalue weighted by atomic mass is 9.83. The maximum atomic E-state index is 12.5. The lowest BCUT2D eigenvalue weighted by Crippen LogP contribution is -2.45. The molecule has 0 radical (unpaired) electrons. The molecule has 2 unspecified atom stereocenters. The zero-order chi connectivity index (χ0) is 13.2. The number of benzene rings is 1. The highest BCUT2D eigenvalue weighted by Crippen LogP contribution is 2.27. The van der Waals surface area contributed by atoms with E-state index in [9.17, 15) is 9.90 Å². The number of aliphatic hydroxyl groups is 1. The van der Waals surface area contributed by atoms with Crippen LogP contribution in [0.25, 0.3) is 0 Å². The molecule has 1 heterocycles. The summed E-state index contributed by atoms with van der Waals surface area (Å²) < 4.78 is 0. The SMILES string of the molecule is O=C(C1CCc2ccccc2C1)N1CCCC(O)C1. The minimum atomic E-state index is -0.325. The van der Waals surface area contributed by atoms with Crippen molar-refractivity contribution in [3.8, 4) is 0 Å². The van der Waals surface area contributed by atoms with Crippen LogP contribution in [0.3, 0.4) is 0 Å². The Morgan fingerprint density at radius 3 is 2.79 bits per heavy atom. The van der Waals surface area contributed by atoms with Crippen LogP contribution in [0.15, 0.2) is 24.3 Å². The van der Waals surface area contributed by atoms with E-state index in [-0.39, 0.29) is 17.9 Å². The van der Waals surface area contributed by atoms with Crippen molar-refractivity contribution in [2.24, 2.45) is 5.92 Å². The molecular formula is C16H21NO2. The van der Waals surface area contributed by atoms with E-state index in [2.05, 4.69) is 24.3 Å². The van der Waals surface area contributed by atoms with Gasteiger partial charge in [0, 0.05) is 19.0 Å². The molecule has 1 fully saturated rings. The number of rotatable bonds is 1. The predicted molar refractivity (Wildman–Crippen MR) is 73.8 cm³/mol. The van der Waals surface area contributed by atoms with Gasteiger partial charge in [0.15, 0.2) is 0 Å². The Labute approximate surface area is 114 Å². The van der Waals surface area contributed by atoms with Crippen molar-refractivity contribution in [2.45, 2.75) is 38.2 Å². The zero-order valence-electron chi connectivity index (χ0n) is 11.2. The summed E-state index contributed by atoms with van der Waals surface area (Å²) in [7, 11) is 0. The molecule has 2 atom stereocenters. The standard InChI is InChI=1S/C16H21NO2/c18-15-6-3-9-17(11-15)16(19)14-8-7-12-4-1-2-5-13(12)10-14/h1-2,4-5,14-15,18H,3,6-11H2. The first-order valence-corrected chi connectivity index (χ1v) is 7.27. The minimum absolute atomic E-state index is 0.111. The number of hydrogen-bond acceptors (Lipinski definition) is 2. The largest absolute Gasteiger partial charge is 0.391 e. The maximum absolute atomic E-state index is 12.5. The lowest BCUT2D eigenvalue weighted by Gasteiger charge is -2.34. The van der Waals surface area contributed by atoms with Gasteiger partial charge in [-0.25, -0.2) is 0 Å². The van der Waals surface area contributed by atoms with Gasteiger partial charge in [-0.1, -0.05) is 24.3 Å². The van der Waals surface area contributed by atoms with Gasteiger partial charge in [-0.2, -0.15) is 0 Å². The first kappa shape index (κ1) is 12.7. The summed E-state index contributed by atoms with van der Waals surface area (Å²) >= 11 is 0. The van der Waals surface area contributed by atoms with E-state index in [0.717, 1.165) is 38.6 Å². The van der Waals surface area contributed by atoms with E-state index in [1.807, 2.05) is 4.90 Å². The van der Waals surface area contributed by atoms with Gasteiger partial charge in [-0.15, -0.1) is 0 Å². The smallest absolute Gasteiger partial charge is 0.226 e. The van der Waals surface area contributed by atoms with E-state index in [1.165, 1.54) is 11.1 Å². The number of aryl methyl sites for hydroxylation is 1. The van der Waals surface area contributed by atoms with E-state index in [1.54, 1.807) is 0 Å². The van der Waals surface area contributed by atoms with Crippen LogP contribution >= 0.6 is 0 Å². The molecule has 102 valence electrons. The molecule has 1 N–H and O–H groups in total. The van der Waals surface area contributed by atoms with Gasteiger partial charge >= 0.3 is 0 Å². The number of nitrogens with zero attached hydrogens (tertiary/aromatic N) is 1. The average Bonchev–Trinajstić information content (AvgIpc) is 2.46. The monoisotopic (exact) mass is 259 g/mol. The molecule has 1 aromatic carbocycles. The Morgan fingerprint density at radius 1 is 1.21 bits per heavy atom. The molecule has 3 rings (SSSR count). The summed E-state index contributed by atoms with van der Waals surface area (Å²) in [5.74, 6) is 0.355. The number of carbonyl (C=O) groups excluding carboxylic acids is 1. The molecule has 1 amide bonds. The quantitative estimate of drug-likeness (QED) is 0.835. The second-order valence-electron chi connectivity index (χ2n) is 5.79. The molecule has 0 bridgehead atoms. The third-order valence-corrected chi connectivity index (χ3v) is 4.40. The number of aliphatic hydroxyl groups excluding tert-OH is 1. The Kier molecular flexibility index (Phi) is 3.56. The highest BCUT2D eigenvalue weighted by Gasteiger charge is 2.30. The summed E-state index contributed by atoms with van der Waals surface area (Å²) in [6, 6.07) is 8.43. The Bertz CT molecular complexity index is 472. The molecule has 19 heavy (non-hydrogen) atoms. The van der Waals surface area contributed by atoms with Crippen LogP contribution in [0.4, 0.5) is 0 Å². The van der Waals surface area contributed by atoms with Crippen molar-refractivity contribution in [3.63, 3.8) is 0 Å². The third kappa shape index (κ3) is 2.66. The lowest BCUT2D eigenvalue weighted by molar-refractivity contribution is -0.139. The fourth-order valence-electron chi connectivity index (χ4n) is 3.32. The fraction of sp³-hybridized carbons (Fsp3) is 0.562. The molecule has 0 spiro atoms. The van der Waals surface area contributed by atoms with Gasteiger partial charge in [0.1, 0.15) is 0 Å². The van der Waals surface area contributed by atoms with E-state index in [0.29, 0.717) is 6.54 Å². The molecule has 0 saturated carbocycles. The highest BCUT2D eigenvalue weighted by atomic mass is 16.3. The Morgan fingerprint density at radius 2 is 2.00 bits per heavy atom. The van der Waals surface area contributed by atoms with Crippen molar-refractivity contribution < 1.29 is 9.90 Å². The summed E-state index contributed by atoms with van der Waals surface area (Å²) in [4.78, 5) is 14.4. The number of fused-ring (bicyclic) bond motifs is 1. The van der Waals surface area contributed by atoms with Crippen molar-refractivity contribution >= 4 is 5.91 Å². The molecule has 1 aliphatic heterocycles. The van der Waals surface area contributed by atoms with Crippen LogP contribution in [0.5, 0.6) is 0 Å². The van der Waals surface area contributed by atoms with Gasteiger partial charge in [-0.3, -0.25) is 4.79 Å². The highest BCUT2D eigenvalue weighted by molar-refractivity contribution is 5.79. The molecule has 1 aliphatic carbocycles. The molecule has 3 nitrogen and oxygen atoms in total. The van der Waals surface area contributed by atoms with Crippen molar-refractivity contribution in [3.05, 3.63) is 35.4 Å². The van der Waals surface area contributed by atoms with Crippen LogP contribution in [0.1, 0.15) is 30.4 Å². The average molecular weight is 259 g/mol. The van der Waals surface area contributed by atoms with Crippen molar-refractivity contribution in [2.75, 3.05) is 13.1 Å². The van der Waals surface area contributed by atoms with Crippen molar-refractivity contribution in [1.82, 2.24) is 4.90 Å². The molecule has 0 aromatic heterocycles. The molecular weight excluding hydrogens is 238 g/mol. The topological polar surface area (TPSA) is 40.5 Å². The predicted octanol–water partition coefficient (Wildman–Crippen LogP) is 1.77. The summed E-state index contributed by atoms with van der Waals surface area (Å²) in [5, 5.41) is 9.69. The summed E-state index contributed by atoms with van der Waals surface area (Å²) in [6.45, 7) is 1.34. The van der Waals surface area contributed by atoms with Crippen LogP contribution in [-0.4, -0.2) is 35.1 Å². The number of amides is 1. The molecule has 3 heteroatoms. The molecule has 2 aliphatic rings. The van der Waals surface area contributed by atoms with Crippen LogP contribution in [0.2, 0.25) is 0 Å². The zero-order valence-corrected chi connectivity index (χ0v) is 11.2. The fourth-order valence-corrected chi connectivity index (χ4v) is 3.32. The number of hydrogen-bond donors (Lipinski definition) is 1. The summed E-state index contributed by atoms with van der Waals surface area (Å²) in [6.07, 6.45) is 4.24. The minimum Gasteiger partial charge on any atom is -0.391 e. The second-order valence-corrected chi connectivity index (χ2v) is 5.79. The van der Waals surface area contributed by atoms with E-state index < -0.39 is 0 Å². The van der Waals surface area contributed by atoms with E-state index in [4.69, 9.17) is 0 Å². The van der Waals surface area contributed by atoms with Gasteiger partial charge in [-0.05, 0) is 43.2 Å². The number of likely N-dealkylation sites (tertiary alicyclic amines) is 1. The van der Waals surface area contributed by atoms with Crippen molar-refractivity contribution in [1.29, 1.82) is 0 Å². The molecule has 1 aromatic rings. The Balaban J connectivity index is 1.69. The molecule has 1 saturated heterocycles. The third-order valence-electron chi connectivity index (χ3n) is 4.40. The van der Waals surface area contributed by atoms with Gasteiger partial charge in [0.05, 0.1) is 6.10 Å². The van der Waals surface area contributed by atoms with Gasteiger partial charge in [0.25, 0.3) is 0 Å². The first-order valence-electron chi connectivity index (χ1n) is 7.27. The number of carbonyl (C=O) groups is 1. The summed E-state index contributed by atoms with van der Waals surface area (Å²) in [5.41, 5.74) is 2.72. The Hall–Kier alpha value is -1.35. The normalized spacial score (nSPS) is 26.9. The van der Waals surface area contributed by atoms with Gasteiger partial charge < -0.3 is 10.0 Å². The number of β-amino-alcohol motifs (C(OH)–C–C–N with tert-alkyl or cyclic N) is 1. The van der Waals surface area contributed by atoms with Crippen LogP contribution in [0, 0.1) is 5.92 Å². The van der Waals surface area contributed by atoms with E-state index >= 15 is 0 Å².